The van der Waals surface area contributed by atoms with Crippen LogP contribution in [-0.4, -0.2) is 35.9 Å². The van der Waals surface area contributed by atoms with Gasteiger partial charge in [-0.3, -0.25) is 4.79 Å². The number of nitrogens with zero attached hydrogens (tertiary/aromatic N) is 1. The standard InChI is InChI=1S/C12H13ClFNO2/c13-5-11-7-15(12(16)8-17-11)6-9-1-3-10(14)4-2-9/h1-4,11H,5-8H2/t11-/m0/s1. The Morgan fingerprint density at radius 2 is 2.12 bits per heavy atom. The van der Waals surface area contributed by atoms with Crippen LogP contribution < -0.4 is 0 Å². The predicted octanol–water partition coefficient (Wildman–Crippen LogP) is 1.79. The molecule has 1 aromatic rings. The van der Waals surface area contributed by atoms with Gasteiger partial charge in [0.05, 0.1) is 12.0 Å². The molecule has 0 aliphatic carbocycles. The topological polar surface area (TPSA) is 29.5 Å². The number of hydrogen-bond acceptors (Lipinski definition) is 2. The summed E-state index contributed by atoms with van der Waals surface area (Å²) in [6.07, 6.45) is -0.116. The van der Waals surface area contributed by atoms with Crippen LogP contribution in [0.3, 0.4) is 0 Å². The van der Waals surface area contributed by atoms with E-state index in [-0.39, 0.29) is 24.4 Å². The first kappa shape index (κ1) is 12.3. The lowest BCUT2D eigenvalue weighted by Crippen LogP contribution is -2.46. The lowest BCUT2D eigenvalue weighted by molar-refractivity contribution is -0.148. The Balaban J connectivity index is 2.01. The van der Waals surface area contributed by atoms with Crippen LogP contribution in [0.1, 0.15) is 5.56 Å². The first-order valence-corrected chi connectivity index (χ1v) is 5.92. The minimum atomic E-state index is -0.277. The largest absolute Gasteiger partial charge is 0.365 e. The Kier molecular flexibility index (Phi) is 3.97. The van der Waals surface area contributed by atoms with Gasteiger partial charge >= 0.3 is 0 Å². The first-order valence-electron chi connectivity index (χ1n) is 5.39. The second-order valence-corrected chi connectivity index (χ2v) is 4.30. The first-order chi connectivity index (χ1) is 8.19. The van der Waals surface area contributed by atoms with Crippen LogP contribution in [0, 0.1) is 5.82 Å². The van der Waals surface area contributed by atoms with E-state index in [1.165, 1.54) is 12.1 Å². The molecule has 1 aliphatic heterocycles. The minimum Gasteiger partial charge on any atom is -0.365 e. The average molecular weight is 258 g/mol. The number of benzene rings is 1. The van der Waals surface area contributed by atoms with E-state index in [0.717, 1.165) is 5.56 Å². The summed E-state index contributed by atoms with van der Waals surface area (Å²) in [4.78, 5) is 13.3. The van der Waals surface area contributed by atoms with Crippen molar-refractivity contribution < 1.29 is 13.9 Å². The Bertz CT molecular complexity index is 396. The van der Waals surface area contributed by atoms with E-state index in [2.05, 4.69) is 0 Å². The van der Waals surface area contributed by atoms with Crippen molar-refractivity contribution in [3.63, 3.8) is 0 Å². The van der Waals surface area contributed by atoms with E-state index in [0.29, 0.717) is 19.0 Å². The van der Waals surface area contributed by atoms with Gasteiger partial charge in [0.1, 0.15) is 12.4 Å². The molecule has 92 valence electrons. The van der Waals surface area contributed by atoms with Gasteiger partial charge in [0.2, 0.25) is 5.91 Å². The Morgan fingerprint density at radius 3 is 2.76 bits per heavy atom. The highest BCUT2D eigenvalue weighted by atomic mass is 35.5. The molecule has 1 saturated heterocycles. The van der Waals surface area contributed by atoms with Crippen molar-refractivity contribution in [3.8, 4) is 0 Å². The maximum atomic E-state index is 12.7. The second-order valence-electron chi connectivity index (χ2n) is 3.99. The molecule has 0 bridgehead atoms. The smallest absolute Gasteiger partial charge is 0.248 e. The van der Waals surface area contributed by atoms with Crippen LogP contribution in [0.25, 0.3) is 0 Å². The molecule has 5 heteroatoms. The van der Waals surface area contributed by atoms with Crippen molar-refractivity contribution in [2.45, 2.75) is 12.6 Å². The van der Waals surface area contributed by atoms with Crippen LogP contribution in [0.2, 0.25) is 0 Å². The number of carbonyl (C=O) groups is 1. The number of carbonyl (C=O) groups excluding carboxylic acids is 1. The maximum Gasteiger partial charge on any atom is 0.248 e. The van der Waals surface area contributed by atoms with Crippen molar-refractivity contribution in [2.75, 3.05) is 19.0 Å². The van der Waals surface area contributed by atoms with E-state index in [9.17, 15) is 9.18 Å². The van der Waals surface area contributed by atoms with E-state index in [1.807, 2.05) is 0 Å². The zero-order valence-corrected chi connectivity index (χ0v) is 9.99. The third-order valence-corrected chi connectivity index (χ3v) is 3.02. The Hall–Kier alpha value is -1.13. The fourth-order valence-corrected chi connectivity index (χ4v) is 1.92. The fraction of sp³-hybridized carbons (Fsp3) is 0.417. The summed E-state index contributed by atoms with van der Waals surface area (Å²) in [5, 5.41) is 0. The zero-order valence-electron chi connectivity index (χ0n) is 9.23. The van der Waals surface area contributed by atoms with Crippen LogP contribution >= 0.6 is 11.6 Å². The number of ether oxygens (including phenoxy) is 1. The lowest BCUT2D eigenvalue weighted by Gasteiger charge is -2.31. The highest BCUT2D eigenvalue weighted by molar-refractivity contribution is 6.18. The van der Waals surface area contributed by atoms with Crippen LogP contribution in [-0.2, 0) is 16.1 Å². The summed E-state index contributed by atoms with van der Waals surface area (Å²) in [6, 6.07) is 6.13. The number of morpholine rings is 1. The van der Waals surface area contributed by atoms with Crippen molar-refractivity contribution in [2.24, 2.45) is 0 Å². The molecule has 0 N–H and O–H groups in total. The number of hydrogen-bond donors (Lipinski definition) is 0. The second kappa shape index (κ2) is 5.47. The van der Waals surface area contributed by atoms with Crippen molar-refractivity contribution >= 4 is 17.5 Å². The molecule has 1 fully saturated rings. The molecule has 0 saturated carbocycles. The SMILES string of the molecule is O=C1CO[C@@H](CCl)CN1Cc1ccc(F)cc1. The van der Waals surface area contributed by atoms with Gasteiger partial charge in [-0.05, 0) is 17.7 Å². The number of halogens is 2. The highest BCUT2D eigenvalue weighted by Gasteiger charge is 2.25. The fourth-order valence-electron chi connectivity index (χ4n) is 1.74. The lowest BCUT2D eigenvalue weighted by atomic mass is 10.2. The molecular formula is C12H13ClFNO2. The molecule has 17 heavy (non-hydrogen) atoms. The molecule has 1 atom stereocenters. The predicted molar refractivity (Wildman–Crippen MR) is 62.3 cm³/mol. The molecule has 0 unspecified atom stereocenters. The van der Waals surface area contributed by atoms with Gasteiger partial charge in [0, 0.05) is 13.1 Å². The van der Waals surface area contributed by atoms with Crippen LogP contribution in [0.15, 0.2) is 24.3 Å². The molecule has 3 nitrogen and oxygen atoms in total. The molecule has 1 aliphatic rings. The van der Waals surface area contributed by atoms with E-state index < -0.39 is 0 Å². The molecule has 0 aromatic heterocycles. The summed E-state index contributed by atoms with van der Waals surface area (Å²) in [7, 11) is 0. The molecule has 1 heterocycles. The summed E-state index contributed by atoms with van der Waals surface area (Å²) >= 11 is 5.70. The van der Waals surface area contributed by atoms with Crippen molar-refractivity contribution in [1.29, 1.82) is 0 Å². The van der Waals surface area contributed by atoms with E-state index >= 15 is 0 Å². The van der Waals surface area contributed by atoms with Gasteiger partial charge in [-0.2, -0.15) is 0 Å². The highest BCUT2D eigenvalue weighted by Crippen LogP contribution is 2.13. The van der Waals surface area contributed by atoms with Crippen molar-refractivity contribution in [3.05, 3.63) is 35.6 Å². The van der Waals surface area contributed by atoms with E-state index in [4.69, 9.17) is 16.3 Å². The Labute approximate surface area is 104 Å². The molecule has 1 amide bonds. The van der Waals surface area contributed by atoms with Gasteiger partial charge in [-0.1, -0.05) is 12.1 Å². The third kappa shape index (κ3) is 3.17. The zero-order chi connectivity index (χ0) is 12.3. The summed E-state index contributed by atoms with van der Waals surface area (Å²) in [6.45, 7) is 1.02. The summed E-state index contributed by atoms with van der Waals surface area (Å²) in [5.41, 5.74) is 0.898. The molecule has 2 rings (SSSR count). The van der Waals surface area contributed by atoms with Gasteiger partial charge in [-0.15, -0.1) is 11.6 Å². The van der Waals surface area contributed by atoms with Crippen molar-refractivity contribution in [1.82, 2.24) is 4.90 Å². The van der Waals surface area contributed by atoms with E-state index in [1.54, 1.807) is 17.0 Å². The van der Waals surface area contributed by atoms with Gasteiger partial charge in [-0.25, -0.2) is 4.39 Å². The van der Waals surface area contributed by atoms with Gasteiger partial charge in [0.15, 0.2) is 0 Å². The third-order valence-electron chi connectivity index (χ3n) is 2.68. The van der Waals surface area contributed by atoms with Gasteiger partial charge < -0.3 is 9.64 Å². The number of amides is 1. The molecule has 0 radical (unpaired) electrons. The van der Waals surface area contributed by atoms with Crippen LogP contribution in [0.5, 0.6) is 0 Å². The van der Waals surface area contributed by atoms with Gasteiger partial charge in [0.25, 0.3) is 0 Å². The molecular weight excluding hydrogens is 245 g/mol. The minimum absolute atomic E-state index is 0.0595. The monoisotopic (exact) mass is 257 g/mol. The normalized spacial score (nSPS) is 20.7. The number of rotatable bonds is 3. The quantitative estimate of drug-likeness (QED) is 0.773. The summed E-state index contributed by atoms with van der Waals surface area (Å²) < 4.78 is 18.0. The molecule has 1 aromatic carbocycles. The average Bonchev–Trinajstić information content (AvgIpc) is 2.35. The summed E-state index contributed by atoms with van der Waals surface area (Å²) in [5.74, 6) is 0.0316. The number of alkyl halides is 1. The van der Waals surface area contributed by atoms with Crippen LogP contribution in [0.4, 0.5) is 4.39 Å². The molecule has 0 spiro atoms. The Morgan fingerprint density at radius 1 is 1.41 bits per heavy atom. The maximum absolute atomic E-state index is 12.7.